The molecule has 2 atom stereocenters. The Balaban J connectivity index is 2.47. The highest BCUT2D eigenvalue weighted by molar-refractivity contribution is 5.07. The number of likely N-dealkylation sites (N-methyl/N-ethyl adjacent to an activating group) is 1. The van der Waals surface area contributed by atoms with E-state index in [0.29, 0.717) is 13.2 Å². The molecule has 1 aromatic rings. The molecule has 2 unspecified atom stereocenters. The quantitative estimate of drug-likeness (QED) is 0.653. The molecule has 0 aliphatic carbocycles. The predicted molar refractivity (Wildman–Crippen MR) is 65.6 cm³/mol. The Morgan fingerprint density at radius 1 is 1.53 bits per heavy atom. The van der Waals surface area contributed by atoms with Gasteiger partial charge in [-0.2, -0.15) is 0 Å². The number of hydrogen-bond acceptors (Lipinski definition) is 5. The third-order valence-corrected chi connectivity index (χ3v) is 2.63. The molecule has 0 fully saturated rings. The second-order valence-electron chi connectivity index (χ2n) is 4.14. The molecule has 5 nitrogen and oxygen atoms in total. The second kappa shape index (κ2) is 7.45. The van der Waals surface area contributed by atoms with Crippen molar-refractivity contribution < 1.29 is 14.3 Å². The van der Waals surface area contributed by atoms with Crippen molar-refractivity contribution in [3.05, 3.63) is 24.2 Å². The van der Waals surface area contributed by atoms with Crippen LogP contribution in [0.15, 0.2) is 22.8 Å². The summed E-state index contributed by atoms with van der Waals surface area (Å²) in [6, 6.07) is 3.81. The van der Waals surface area contributed by atoms with Gasteiger partial charge in [0.25, 0.3) is 0 Å². The molecular weight excluding hydrogens is 220 g/mol. The third kappa shape index (κ3) is 4.47. The average Bonchev–Trinajstić information content (AvgIpc) is 2.77. The van der Waals surface area contributed by atoms with Crippen LogP contribution < -0.4 is 5.73 Å². The van der Waals surface area contributed by atoms with Gasteiger partial charge in [-0.15, -0.1) is 0 Å². The molecule has 0 aliphatic rings. The van der Waals surface area contributed by atoms with Gasteiger partial charge in [-0.25, -0.2) is 0 Å². The van der Waals surface area contributed by atoms with Crippen molar-refractivity contribution in [3.8, 4) is 0 Å². The first-order valence-corrected chi connectivity index (χ1v) is 5.84. The topological polar surface area (TPSA) is 71.9 Å². The van der Waals surface area contributed by atoms with Gasteiger partial charge in [-0.05, 0) is 26.1 Å². The van der Waals surface area contributed by atoms with Crippen molar-refractivity contribution in [2.75, 3.05) is 33.4 Å². The second-order valence-corrected chi connectivity index (χ2v) is 4.14. The molecule has 0 aromatic carbocycles. The van der Waals surface area contributed by atoms with Crippen LogP contribution in [0, 0.1) is 0 Å². The lowest BCUT2D eigenvalue weighted by Gasteiger charge is -2.29. The molecule has 0 saturated carbocycles. The number of nitrogens with zero attached hydrogens (tertiary/aromatic N) is 1. The van der Waals surface area contributed by atoms with Crippen LogP contribution in [-0.2, 0) is 4.74 Å². The van der Waals surface area contributed by atoms with Crippen molar-refractivity contribution in [3.63, 3.8) is 0 Å². The maximum atomic E-state index is 8.61. The zero-order valence-electron chi connectivity index (χ0n) is 10.5. The van der Waals surface area contributed by atoms with Gasteiger partial charge in [0, 0.05) is 12.6 Å². The molecule has 3 N–H and O–H groups in total. The molecule has 1 rings (SSSR count). The van der Waals surface area contributed by atoms with Crippen molar-refractivity contribution in [2.24, 2.45) is 5.73 Å². The highest BCUT2D eigenvalue weighted by Crippen LogP contribution is 2.22. The molecule has 1 aromatic heterocycles. The van der Waals surface area contributed by atoms with Crippen LogP contribution in [0.3, 0.4) is 0 Å². The Kier molecular flexibility index (Phi) is 6.21. The number of hydrogen-bond donors (Lipinski definition) is 2. The van der Waals surface area contributed by atoms with E-state index in [1.807, 2.05) is 26.1 Å². The summed E-state index contributed by atoms with van der Waals surface area (Å²) in [7, 11) is 1.98. The van der Waals surface area contributed by atoms with Gasteiger partial charge in [-0.1, -0.05) is 0 Å². The van der Waals surface area contributed by atoms with Gasteiger partial charge in [0.15, 0.2) is 0 Å². The van der Waals surface area contributed by atoms with Crippen LogP contribution in [0.25, 0.3) is 0 Å². The fraction of sp³-hybridized carbons (Fsp3) is 0.667. The Hall–Kier alpha value is -0.880. The first-order valence-electron chi connectivity index (χ1n) is 5.84. The zero-order valence-corrected chi connectivity index (χ0v) is 10.5. The number of ether oxygens (including phenoxy) is 1. The Morgan fingerprint density at radius 3 is 2.82 bits per heavy atom. The predicted octanol–water partition coefficient (Wildman–Crippen LogP) is 0.609. The lowest BCUT2D eigenvalue weighted by Crippen LogP contribution is -2.38. The SMILES string of the molecule is CC(N)C(c1ccco1)N(C)CCOCCO. The zero-order chi connectivity index (χ0) is 12.7. The lowest BCUT2D eigenvalue weighted by molar-refractivity contribution is 0.0649. The minimum Gasteiger partial charge on any atom is -0.468 e. The van der Waals surface area contributed by atoms with Gasteiger partial charge in [0.1, 0.15) is 5.76 Å². The van der Waals surface area contributed by atoms with Crippen LogP contribution in [-0.4, -0.2) is 49.5 Å². The summed E-state index contributed by atoms with van der Waals surface area (Å²) in [6.07, 6.45) is 1.65. The summed E-state index contributed by atoms with van der Waals surface area (Å²) in [5.41, 5.74) is 5.98. The molecule has 0 aliphatic heterocycles. The van der Waals surface area contributed by atoms with E-state index in [2.05, 4.69) is 4.90 Å². The summed E-state index contributed by atoms with van der Waals surface area (Å²) in [5, 5.41) is 8.61. The van der Waals surface area contributed by atoms with E-state index in [4.69, 9.17) is 20.0 Å². The highest BCUT2D eigenvalue weighted by atomic mass is 16.5. The minimum absolute atomic E-state index is 0.0241. The largest absolute Gasteiger partial charge is 0.468 e. The van der Waals surface area contributed by atoms with E-state index in [9.17, 15) is 0 Å². The molecule has 0 radical (unpaired) electrons. The average molecular weight is 242 g/mol. The van der Waals surface area contributed by atoms with Crippen molar-refractivity contribution >= 4 is 0 Å². The molecule has 0 spiro atoms. The molecule has 0 saturated heterocycles. The Morgan fingerprint density at radius 2 is 2.29 bits per heavy atom. The molecule has 0 bridgehead atoms. The number of furan rings is 1. The van der Waals surface area contributed by atoms with Crippen molar-refractivity contribution in [2.45, 2.75) is 19.0 Å². The standard InChI is InChI=1S/C12H22N2O3/c1-10(13)12(11-4-3-7-17-11)14(2)5-8-16-9-6-15/h3-4,7,10,12,15H,5-6,8-9,13H2,1-2H3. The van der Waals surface area contributed by atoms with Gasteiger partial charge in [0.2, 0.25) is 0 Å². The highest BCUT2D eigenvalue weighted by Gasteiger charge is 2.23. The molecular formula is C12H22N2O3. The van der Waals surface area contributed by atoms with E-state index in [0.717, 1.165) is 12.3 Å². The van der Waals surface area contributed by atoms with Crippen LogP contribution in [0.4, 0.5) is 0 Å². The van der Waals surface area contributed by atoms with E-state index in [-0.39, 0.29) is 18.7 Å². The summed E-state index contributed by atoms with van der Waals surface area (Å²) in [5.74, 6) is 0.865. The monoisotopic (exact) mass is 242 g/mol. The van der Waals surface area contributed by atoms with Gasteiger partial charge in [0.05, 0.1) is 32.1 Å². The number of rotatable bonds is 8. The van der Waals surface area contributed by atoms with E-state index >= 15 is 0 Å². The lowest BCUT2D eigenvalue weighted by atomic mass is 10.1. The summed E-state index contributed by atoms with van der Waals surface area (Å²) in [4.78, 5) is 2.10. The van der Waals surface area contributed by atoms with Crippen LogP contribution >= 0.6 is 0 Å². The molecule has 1 heterocycles. The maximum Gasteiger partial charge on any atom is 0.122 e. The first kappa shape index (κ1) is 14.2. The van der Waals surface area contributed by atoms with Gasteiger partial charge in [-0.3, -0.25) is 4.90 Å². The summed E-state index contributed by atoms with van der Waals surface area (Å²) in [6.45, 7) is 3.70. The van der Waals surface area contributed by atoms with Gasteiger partial charge >= 0.3 is 0 Å². The maximum absolute atomic E-state index is 8.61. The molecule has 98 valence electrons. The smallest absolute Gasteiger partial charge is 0.122 e. The molecule has 5 heteroatoms. The normalized spacial score (nSPS) is 15.1. The van der Waals surface area contributed by atoms with Crippen LogP contribution in [0.2, 0.25) is 0 Å². The third-order valence-electron chi connectivity index (χ3n) is 2.63. The van der Waals surface area contributed by atoms with E-state index in [1.54, 1.807) is 6.26 Å². The van der Waals surface area contributed by atoms with E-state index in [1.165, 1.54) is 0 Å². The van der Waals surface area contributed by atoms with Crippen molar-refractivity contribution in [1.29, 1.82) is 0 Å². The molecule has 0 amide bonds. The summed E-state index contributed by atoms with van der Waals surface area (Å²) < 4.78 is 10.6. The Bertz CT molecular complexity index is 288. The van der Waals surface area contributed by atoms with E-state index < -0.39 is 0 Å². The fourth-order valence-electron chi connectivity index (χ4n) is 1.85. The fourth-order valence-corrected chi connectivity index (χ4v) is 1.85. The van der Waals surface area contributed by atoms with Crippen LogP contribution in [0.1, 0.15) is 18.7 Å². The number of aliphatic hydroxyl groups is 1. The first-order chi connectivity index (χ1) is 8.16. The van der Waals surface area contributed by atoms with Crippen LogP contribution in [0.5, 0.6) is 0 Å². The van der Waals surface area contributed by atoms with Gasteiger partial charge < -0.3 is 20.0 Å². The van der Waals surface area contributed by atoms with Crippen molar-refractivity contribution in [1.82, 2.24) is 4.90 Å². The number of nitrogens with two attached hydrogens (primary N) is 1. The summed E-state index contributed by atoms with van der Waals surface area (Å²) >= 11 is 0. The minimum atomic E-state index is -0.0241. The number of aliphatic hydroxyl groups excluding tert-OH is 1. The molecule has 17 heavy (non-hydrogen) atoms. The Labute approximate surface area is 102 Å².